The van der Waals surface area contributed by atoms with Crippen LogP contribution in [0.1, 0.15) is 29.2 Å². The molecule has 0 aliphatic heterocycles. The van der Waals surface area contributed by atoms with Gasteiger partial charge in [-0.05, 0) is 59.9 Å². The highest BCUT2D eigenvalue weighted by Gasteiger charge is 2.31. The van der Waals surface area contributed by atoms with Crippen LogP contribution in [0.3, 0.4) is 0 Å². The molecule has 6 heteroatoms. The van der Waals surface area contributed by atoms with E-state index >= 15 is 0 Å². The van der Waals surface area contributed by atoms with Gasteiger partial charge in [-0.15, -0.1) is 0 Å². The molecule has 0 saturated carbocycles. The maximum Gasteiger partial charge on any atom is 0.253 e. The minimum atomic E-state index is 0.0135. The van der Waals surface area contributed by atoms with Crippen LogP contribution in [0.25, 0.3) is 33.7 Å². The second kappa shape index (κ2) is 8.32. The lowest BCUT2D eigenvalue weighted by atomic mass is 9.99. The SMILES string of the molecule is C=C(C)/C=C(\C1=C[CH]1)c1cc2nc(-n3ccc(-c4cccc(C)c4)n3)nc(NCCO)c2c2c1[CH]2. The van der Waals surface area contributed by atoms with Gasteiger partial charge in [-0.3, -0.25) is 0 Å². The molecule has 2 heterocycles. The number of aliphatic hydroxyl groups excluding tert-OH is 1. The van der Waals surface area contributed by atoms with E-state index in [-0.39, 0.29) is 6.61 Å². The van der Waals surface area contributed by atoms with E-state index < -0.39 is 0 Å². The van der Waals surface area contributed by atoms with Crippen molar-refractivity contribution in [2.45, 2.75) is 13.8 Å². The molecule has 35 heavy (non-hydrogen) atoms. The van der Waals surface area contributed by atoms with Gasteiger partial charge in [0.05, 0.1) is 17.8 Å². The summed E-state index contributed by atoms with van der Waals surface area (Å²) in [4.78, 5) is 9.72. The van der Waals surface area contributed by atoms with Gasteiger partial charge in [0.2, 0.25) is 0 Å². The van der Waals surface area contributed by atoms with Crippen molar-refractivity contribution in [1.82, 2.24) is 19.7 Å². The highest BCUT2D eigenvalue weighted by atomic mass is 16.3. The Kier molecular flexibility index (Phi) is 5.11. The van der Waals surface area contributed by atoms with Crippen LogP contribution in [0, 0.1) is 19.8 Å². The van der Waals surface area contributed by atoms with Crippen LogP contribution < -0.4 is 5.32 Å². The fraction of sp³-hybridized carbons (Fsp3) is 0.138. The number of nitrogens with one attached hydrogen (secondary N) is 1. The molecular weight excluding hydrogens is 434 g/mol. The summed E-state index contributed by atoms with van der Waals surface area (Å²) in [6.07, 6.45) is 10.4. The standard InChI is InChI=1S/C29H25N5O/c1-17(2)13-21(19-7-8-19)23-16-26-27(24-15-22(23)24)28(30-10-12-35)32-29(31-26)34-11-9-25(33-34)20-6-4-5-18(3)14-20/h4-9,11,13-16,35H,1,10,12H2,2-3H3,(H,30,31,32)/b21-13+. The van der Waals surface area contributed by atoms with Gasteiger partial charge in [-0.1, -0.05) is 48.1 Å². The van der Waals surface area contributed by atoms with E-state index in [1.807, 2.05) is 31.3 Å². The van der Waals surface area contributed by atoms with E-state index in [1.165, 1.54) is 16.7 Å². The second-order valence-electron chi connectivity index (χ2n) is 9.02. The number of hydrogen-bond donors (Lipinski definition) is 2. The Bertz CT molecular complexity index is 1570. The maximum absolute atomic E-state index is 9.43. The Morgan fingerprint density at radius 3 is 2.77 bits per heavy atom. The zero-order valence-electron chi connectivity index (χ0n) is 19.7. The quantitative estimate of drug-likeness (QED) is 0.312. The zero-order chi connectivity index (χ0) is 24.1. The smallest absolute Gasteiger partial charge is 0.253 e. The predicted octanol–water partition coefficient (Wildman–Crippen LogP) is 5.21. The van der Waals surface area contributed by atoms with E-state index in [1.54, 1.807) is 4.68 Å². The maximum atomic E-state index is 9.43. The first-order valence-electron chi connectivity index (χ1n) is 11.7. The monoisotopic (exact) mass is 459 g/mol. The van der Waals surface area contributed by atoms with Crippen LogP contribution in [0.4, 0.5) is 5.82 Å². The summed E-state index contributed by atoms with van der Waals surface area (Å²) in [5.74, 6) is 1.18. The molecule has 6 rings (SSSR count). The number of fused-ring (bicyclic) bond motifs is 3. The second-order valence-corrected chi connectivity index (χ2v) is 9.02. The van der Waals surface area contributed by atoms with Crippen LogP contribution in [-0.4, -0.2) is 38.0 Å². The molecule has 0 saturated heterocycles. The molecule has 0 amide bonds. The average molecular weight is 460 g/mol. The molecule has 0 fully saturated rings. The highest BCUT2D eigenvalue weighted by Crippen LogP contribution is 2.48. The van der Waals surface area contributed by atoms with Crippen LogP contribution in [0.5, 0.6) is 0 Å². The zero-order valence-corrected chi connectivity index (χ0v) is 19.7. The summed E-state index contributed by atoms with van der Waals surface area (Å²) in [6.45, 7) is 8.57. The third-order valence-corrected chi connectivity index (χ3v) is 6.10. The van der Waals surface area contributed by atoms with Crippen LogP contribution in [-0.2, 0) is 0 Å². The van der Waals surface area contributed by atoms with E-state index in [2.05, 4.69) is 62.0 Å². The Hall–Kier alpha value is -4.03. The fourth-order valence-electron chi connectivity index (χ4n) is 4.39. The lowest BCUT2D eigenvalue weighted by Gasteiger charge is -2.12. The summed E-state index contributed by atoms with van der Waals surface area (Å²) < 4.78 is 1.71. The first kappa shape index (κ1) is 21.5. The lowest BCUT2D eigenvalue weighted by molar-refractivity contribution is 0.311. The first-order valence-corrected chi connectivity index (χ1v) is 11.7. The molecule has 2 radical (unpaired) electrons. The first-order chi connectivity index (χ1) is 17.0. The van der Waals surface area contributed by atoms with Crippen molar-refractivity contribution in [2.75, 3.05) is 18.5 Å². The molecule has 172 valence electrons. The number of aromatic nitrogens is 4. The lowest BCUT2D eigenvalue weighted by Crippen LogP contribution is -2.11. The number of aryl methyl sites for hydroxylation is 1. The van der Waals surface area contributed by atoms with Crippen molar-refractivity contribution >= 4 is 22.3 Å². The van der Waals surface area contributed by atoms with E-state index in [0.717, 1.165) is 44.4 Å². The van der Waals surface area contributed by atoms with Gasteiger partial charge in [0.25, 0.3) is 5.95 Å². The third-order valence-electron chi connectivity index (χ3n) is 6.10. The van der Waals surface area contributed by atoms with Crippen molar-refractivity contribution < 1.29 is 5.11 Å². The number of aliphatic hydroxyl groups is 1. The summed E-state index contributed by atoms with van der Waals surface area (Å²) >= 11 is 0. The van der Waals surface area contributed by atoms with Gasteiger partial charge >= 0.3 is 0 Å². The Morgan fingerprint density at radius 1 is 1.17 bits per heavy atom. The molecule has 2 N–H and O–H groups in total. The molecule has 2 aliphatic rings. The normalized spacial score (nSPS) is 14.0. The molecule has 0 atom stereocenters. The van der Waals surface area contributed by atoms with Gasteiger partial charge in [-0.2, -0.15) is 10.1 Å². The van der Waals surface area contributed by atoms with Gasteiger partial charge < -0.3 is 10.4 Å². The van der Waals surface area contributed by atoms with Gasteiger partial charge in [0.15, 0.2) is 0 Å². The van der Waals surface area contributed by atoms with Crippen molar-refractivity contribution in [3.05, 3.63) is 108 Å². The van der Waals surface area contributed by atoms with Gasteiger partial charge in [0, 0.05) is 36.5 Å². The summed E-state index contributed by atoms with van der Waals surface area (Å²) in [6, 6.07) is 12.4. The molecule has 4 aromatic rings. The molecule has 0 bridgehead atoms. The number of nitrogens with zero attached hydrogens (tertiary/aromatic N) is 4. The van der Waals surface area contributed by atoms with Crippen LogP contribution in [0.2, 0.25) is 0 Å². The number of allylic oxidation sites excluding steroid dienone is 5. The minimum Gasteiger partial charge on any atom is -0.395 e. The summed E-state index contributed by atoms with van der Waals surface area (Å²) in [7, 11) is 0. The van der Waals surface area contributed by atoms with Crippen molar-refractivity contribution in [1.29, 1.82) is 0 Å². The molecular formula is C29H25N5O. The molecule has 0 spiro atoms. The van der Waals surface area contributed by atoms with Crippen molar-refractivity contribution in [3.63, 3.8) is 0 Å². The largest absolute Gasteiger partial charge is 0.395 e. The van der Waals surface area contributed by atoms with E-state index in [9.17, 15) is 5.11 Å². The van der Waals surface area contributed by atoms with Gasteiger partial charge in [0.1, 0.15) is 5.82 Å². The summed E-state index contributed by atoms with van der Waals surface area (Å²) in [5.41, 5.74) is 10.8. The van der Waals surface area contributed by atoms with Crippen LogP contribution in [0.15, 0.2) is 72.5 Å². The molecule has 2 aliphatic carbocycles. The number of hydrogen-bond acceptors (Lipinski definition) is 5. The number of anilines is 1. The van der Waals surface area contributed by atoms with Crippen molar-refractivity contribution in [2.24, 2.45) is 0 Å². The Morgan fingerprint density at radius 2 is 2.03 bits per heavy atom. The average Bonchev–Trinajstić information content (AvgIpc) is 3.77. The van der Waals surface area contributed by atoms with Gasteiger partial charge in [-0.25, -0.2) is 9.67 Å². The van der Waals surface area contributed by atoms with E-state index in [0.29, 0.717) is 18.3 Å². The van der Waals surface area contributed by atoms with E-state index in [4.69, 9.17) is 15.1 Å². The highest BCUT2D eigenvalue weighted by molar-refractivity contribution is 6.05. The molecule has 0 unspecified atom stereocenters. The fourth-order valence-corrected chi connectivity index (χ4v) is 4.39. The summed E-state index contributed by atoms with van der Waals surface area (Å²) in [5, 5.41) is 18.4. The molecule has 2 aromatic heterocycles. The number of rotatable bonds is 8. The third kappa shape index (κ3) is 4.06. The Balaban J connectivity index is 1.49. The minimum absolute atomic E-state index is 0.0135. The predicted molar refractivity (Wildman–Crippen MR) is 140 cm³/mol. The van der Waals surface area contributed by atoms with Crippen LogP contribution >= 0.6 is 0 Å². The number of benzene rings is 2. The molecule has 2 aromatic carbocycles. The molecule has 6 nitrogen and oxygen atoms in total. The topological polar surface area (TPSA) is 75.9 Å². The Labute approximate surface area is 204 Å². The van der Waals surface area contributed by atoms with Crippen molar-refractivity contribution in [3.8, 4) is 17.2 Å².